The lowest BCUT2D eigenvalue weighted by Crippen LogP contribution is -2.57. The Bertz CT molecular complexity index is 947. The second-order valence-corrected chi connectivity index (χ2v) is 8.87. The highest BCUT2D eigenvalue weighted by atomic mass is 35.5. The van der Waals surface area contributed by atoms with Gasteiger partial charge in [-0.2, -0.15) is 5.26 Å². The molecule has 3 rings (SSSR count). The number of carbonyl (C=O) groups is 2. The average molecular weight is 421 g/mol. The molecule has 0 unspecified atom stereocenters. The molecule has 9 heteroatoms. The van der Waals surface area contributed by atoms with E-state index in [-0.39, 0.29) is 13.1 Å². The minimum atomic E-state index is -0.769. The van der Waals surface area contributed by atoms with Crippen molar-refractivity contribution in [3.63, 3.8) is 0 Å². The van der Waals surface area contributed by atoms with E-state index >= 15 is 0 Å². The maximum Gasteiger partial charge on any atom is 0.410 e. The van der Waals surface area contributed by atoms with Gasteiger partial charge in [0, 0.05) is 23.2 Å². The number of nitriles is 1. The van der Waals surface area contributed by atoms with E-state index in [1.165, 1.54) is 21.1 Å². The fourth-order valence-corrected chi connectivity index (χ4v) is 4.26. The Balaban J connectivity index is 1.69. The molecule has 2 heterocycles. The summed E-state index contributed by atoms with van der Waals surface area (Å²) < 4.78 is 6.32. The molecule has 0 aliphatic carbocycles. The van der Waals surface area contributed by atoms with E-state index in [1.807, 2.05) is 24.3 Å². The van der Waals surface area contributed by atoms with E-state index in [1.54, 1.807) is 20.8 Å². The zero-order valence-corrected chi connectivity index (χ0v) is 17.4. The summed E-state index contributed by atoms with van der Waals surface area (Å²) >= 11 is 7.76. The zero-order chi connectivity index (χ0) is 20.5. The first-order valence-electron chi connectivity index (χ1n) is 8.82. The number of nitrogens with zero attached hydrogens (tertiary/aromatic N) is 3. The van der Waals surface area contributed by atoms with Crippen LogP contribution in [0.3, 0.4) is 0 Å². The number of anilines is 1. The number of urea groups is 1. The molecule has 1 N–H and O–H groups in total. The van der Waals surface area contributed by atoms with Gasteiger partial charge in [-0.25, -0.2) is 9.59 Å². The number of nitrogens with one attached hydrogen (secondary N) is 1. The minimum Gasteiger partial charge on any atom is -0.444 e. The second kappa shape index (κ2) is 7.86. The molecule has 1 aromatic heterocycles. The maximum atomic E-state index is 12.7. The molecule has 28 heavy (non-hydrogen) atoms. The van der Waals surface area contributed by atoms with E-state index < -0.39 is 23.8 Å². The van der Waals surface area contributed by atoms with E-state index in [9.17, 15) is 14.9 Å². The van der Waals surface area contributed by atoms with E-state index in [4.69, 9.17) is 16.3 Å². The van der Waals surface area contributed by atoms with Gasteiger partial charge in [0.25, 0.3) is 0 Å². The number of thiophene rings is 1. The van der Waals surface area contributed by atoms with Gasteiger partial charge in [0.1, 0.15) is 16.6 Å². The molecular weight excluding hydrogens is 400 g/mol. The summed E-state index contributed by atoms with van der Waals surface area (Å²) in [6, 6.07) is 8.52. The highest BCUT2D eigenvalue weighted by molar-refractivity contribution is 7.23. The highest BCUT2D eigenvalue weighted by Gasteiger charge is 2.34. The SMILES string of the molecule is CC(C)(C)OC(=O)N1CCN(C(=O)Nc2sc3ccccc3c2Cl)[C@H](C#N)C1. The molecule has 1 aliphatic rings. The lowest BCUT2D eigenvalue weighted by Gasteiger charge is -2.38. The van der Waals surface area contributed by atoms with Crippen molar-refractivity contribution in [2.24, 2.45) is 0 Å². The van der Waals surface area contributed by atoms with Crippen LogP contribution in [-0.4, -0.2) is 53.2 Å². The van der Waals surface area contributed by atoms with Gasteiger partial charge in [-0.05, 0) is 26.8 Å². The first kappa shape index (κ1) is 20.2. The van der Waals surface area contributed by atoms with E-state index in [0.29, 0.717) is 16.6 Å². The van der Waals surface area contributed by atoms with Crippen LogP contribution < -0.4 is 5.32 Å². The van der Waals surface area contributed by atoms with Gasteiger partial charge in [0.05, 0.1) is 17.6 Å². The van der Waals surface area contributed by atoms with E-state index in [2.05, 4.69) is 11.4 Å². The van der Waals surface area contributed by atoms with Crippen molar-refractivity contribution >= 4 is 50.1 Å². The number of piperazine rings is 1. The van der Waals surface area contributed by atoms with Crippen LogP contribution in [0.15, 0.2) is 24.3 Å². The quantitative estimate of drug-likeness (QED) is 0.734. The molecule has 0 bridgehead atoms. The summed E-state index contributed by atoms with van der Waals surface area (Å²) in [5.74, 6) is 0. The Morgan fingerprint density at radius 1 is 1.32 bits per heavy atom. The minimum absolute atomic E-state index is 0.0962. The standard InChI is InChI=1S/C19H21ClN4O3S/c1-19(2,3)27-18(26)23-8-9-24(12(10-21)11-23)17(25)22-16-15(20)13-6-4-5-7-14(13)28-16/h4-7,12H,8-9,11H2,1-3H3,(H,22,25)/t12-/m1/s1. The fourth-order valence-electron chi connectivity index (χ4n) is 2.89. The number of rotatable bonds is 1. The fraction of sp³-hybridized carbons (Fsp3) is 0.421. The third kappa shape index (κ3) is 4.32. The topological polar surface area (TPSA) is 85.7 Å². The van der Waals surface area contributed by atoms with Crippen molar-refractivity contribution in [2.45, 2.75) is 32.4 Å². The Hall–Kier alpha value is -2.50. The molecular formula is C19H21ClN4O3S. The van der Waals surface area contributed by atoms with Crippen molar-refractivity contribution in [1.29, 1.82) is 5.26 Å². The predicted molar refractivity (Wildman–Crippen MR) is 110 cm³/mol. The van der Waals surface area contributed by atoms with Gasteiger partial charge in [0.2, 0.25) is 0 Å². The molecule has 0 radical (unpaired) electrons. The largest absolute Gasteiger partial charge is 0.444 e. The summed E-state index contributed by atoms with van der Waals surface area (Å²) in [4.78, 5) is 27.9. The summed E-state index contributed by atoms with van der Waals surface area (Å²) in [6.45, 7) is 5.97. The Morgan fingerprint density at radius 3 is 2.68 bits per heavy atom. The number of carbonyl (C=O) groups excluding carboxylic acids is 2. The van der Waals surface area contributed by atoms with Crippen molar-refractivity contribution in [1.82, 2.24) is 9.80 Å². The van der Waals surface area contributed by atoms with E-state index in [0.717, 1.165) is 10.1 Å². The molecule has 0 saturated carbocycles. The third-order valence-corrected chi connectivity index (χ3v) is 5.79. The first-order chi connectivity index (χ1) is 13.2. The molecule has 7 nitrogen and oxygen atoms in total. The van der Waals surface area contributed by atoms with Crippen molar-refractivity contribution < 1.29 is 14.3 Å². The van der Waals surface area contributed by atoms with Crippen LogP contribution in [0.1, 0.15) is 20.8 Å². The molecule has 0 spiro atoms. The van der Waals surface area contributed by atoms with Crippen molar-refractivity contribution in [3.8, 4) is 6.07 Å². The van der Waals surface area contributed by atoms with Gasteiger partial charge in [0.15, 0.2) is 0 Å². The summed E-state index contributed by atoms with van der Waals surface area (Å²) in [5, 5.41) is 14.2. The predicted octanol–water partition coefficient (Wildman–Crippen LogP) is 4.53. The number of benzene rings is 1. The summed E-state index contributed by atoms with van der Waals surface area (Å²) in [7, 11) is 0. The lowest BCUT2D eigenvalue weighted by atomic mass is 10.2. The molecule has 2 aromatic rings. The number of halogens is 1. The zero-order valence-electron chi connectivity index (χ0n) is 15.9. The molecule has 1 fully saturated rings. The molecule has 1 saturated heterocycles. The van der Waals surface area contributed by atoms with Crippen LogP contribution in [0.2, 0.25) is 5.02 Å². The number of hydrogen-bond donors (Lipinski definition) is 1. The van der Waals surface area contributed by atoms with Crippen LogP contribution in [0, 0.1) is 11.3 Å². The van der Waals surface area contributed by atoms with Crippen LogP contribution >= 0.6 is 22.9 Å². The lowest BCUT2D eigenvalue weighted by molar-refractivity contribution is 0.0136. The van der Waals surface area contributed by atoms with Gasteiger partial charge in [-0.1, -0.05) is 29.8 Å². The summed E-state index contributed by atoms with van der Waals surface area (Å²) in [5.41, 5.74) is -0.619. The highest BCUT2D eigenvalue weighted by Crippen LogP contribution is 2.39. The maximum absolute atomic E-state index is 12.7. The van der Waals surface area contributed by atoms with Crippen molar-refractivity contribution in [3.05, 3.63) is 29.3 Å². The molecule has 1 aromatic carbocycles. The summed E-state index contributed by atoms with van der Waals surface area (Å²) in [6.07, 6.45) is -0.486. The molecule has 1 aliphatic heterocycles. The normalized spacial score (nSPS) is 17.3. The molecule has 148 valence electrons. The number of hydrogen-bond acceptors (Lipinski definition) is 5. The van der Waals surface area contributed by atoms with Crippen LogP contribution in [0.4, 0.5) is 14.6 Å². The van der Waals surface area contributed by atoms with Gasteiger partial charge >= 0.3 is 12.1 Å². The smallest absolute Gasteiger partial charge is 0.410 e. The Kier molecular flexibility index (Phi) is 5.68. The average Bonchev–Trinajstić information content (AvgIpc) is 2.95. The van der Waals surface area contributed by atoms with Gasteiger partial charge in [-0.3, -0.25) is 5.32 Å². The number of fused-ring (bicyclic) bond motifs is 1. The van der Waals surface area contributed by atoms with Crippen LogP contribution in [-0.2, 0) is 4.74 Å². The number of amides is 3. The van der Waals surface area contributed by atoms with Crippen LogP contribution in [0.25, 0.3) is 10.1 Å². The van der Waals surface area contributed by atoms with Crippen molar-refractivity contribution in [2.75, 3.05) is 25.0 Å². The van der Waals surface area contributed by atoms with Gasteiger partial charge < -0.3 is 14.5 Å². The Morgan fingerprint density at radius 2 is 2.04 bits per heavy atom. The second-order valence-electron chi connectivity index (χ2n) is 7.44. The third-order valence-electron chi connectivity index (χ3n) is 4.20. The monoisotopic (exact) mass is 420 g/mol. The Labute approximate surface area is 172 Å². The van der Waals surface area contributed by atoms with Crippen LogP contribution in [0.5, 0.6) is 0 Å². The first-order valence-corrected chi connectivity index (χ1v) is 10.0. The number of ether oxygens (including phenoxy) is 1. The molecule has 3 amide bonds. The van der Waals surface area contributed by atoms with Gasteiger partial charge in [-0.15, -0.1) is 11.3 Å². The molecule has 1 atom stereocenters.